The van der Waals surface area contributed by atoms with E-state index in [9.17, 15) is 19.7 Å². The van der Waals surface area contributed by atoms with E-state index >= 15 is 0 Å². The minimum atomic E-state index is -1.30. The van der Waals surface area contributed by atoms with Crippen molar-refractivity contribution in [1.82, 2.24) is 5.32 Å². The smallest absolute Gasteiger partial charge is 0.336 e. The van der Waals surface area contributed by atoms with E-state index in [1.165, 1.54) is 0 Å². The van der Waals surface area contributed by atoms with E-state index < -0.39 is 16.8 Å². The minimum Gasteiger partial charge on any atom is -0.478 e. The van der Waals surface area contributed by atoms with Crippen molar-refractivity contribution in [2.24, 2.45) is 5.73 Å². The van der Waals surface area contributed by atoms with Crippen molar-refractivity contribution < 1.29 is 19.6 Å². The number of nitro benzene ring substituents is 1. The van der Waals surface area contributed by atoms with Crippen LogP contribution in [0, 0.1) is 10.1 Å². The number of nitro groups is 1. The molecule has 0 atom stereocenters. The Balaban J connectivity index is 2.62. The van der Waals surface area contributed by atoms with Crippen molar-refractivity contribution >= 4 is 17.6 Å². The number of hydrogen-bond acceptors (Lipinski definition) is 5. The topological polar surface area (TPSA) is 136 Å². The largest absolute Gasteiger partial charge is 0.478 e. The number of nitrogens with two attached hydrogens (primary N) is 1. The molecule has 0 aliphatic heterocycles. The first-order chi connectivity index (χ1) is 11.0. The number of carbonyl (C=O) groups is 2. The summed E-state index contributed by atoms with van der Waals surface area (Å²) in [4.78, 5) is 33.3. The molecular formula is C15H21N3O5. The van der Waals surface area contributed by atoms with E-state index in [0.29, 0.717) is 13.1 Å². The molecule has 126 valence electrons. The number of unbranched alkanes of at least 4 members (excludes halogenated alkanes) is 4. The van der Waals surface area contributed by atoms with Crippen LogP contribution in [0.1, 0.15) is 52.8 Å². The average molecular weight is 323 g/mol. The summed E-state index contributed by atoms with van der Waals surface area (Å²) in [5.41, 5.74) is 4.62. The molecule has 4 N–H and O–H groups in total. The van der Waals surface area contributed by atoms with Gasteiger partial charge in [0.05, 0.1) is 16.1 Å². The number of hydrogen-bond donors (Lipinski definition) is 3. The molecule has 23 heavy (non-hydrogen) atoms. The highest BCUT2D eigenvalue weighted by molar-refractivity contribution is 6.05. The molecule has 0 spiro atoms. The van der Waals surface area contributed by atoms with Crippen molar-refractivity contribution in [1.29, 1.82) is 0 Å². The maximum absolute atomic E-state index is 12.1. The molecule has 0 fully saturated rings. The number of aromatic carboxylic acids is 1. The van der Waals surface area contributed by atoms with Crippen molar-refractivity contribution in [3.8, 4) is 0 Å². The Hall–Kier alpha value is -2.48. The van der Waals surface area contributed by atoms with Gasteiger partial charge in [-0.25, -0.2) is 4.79 Å². The molecule has 1 aromatic carbocycles. The molecule has 0 saturated carbocycles. The second kappa shape index (κ2) is 9.52. The van der Waals surface area contributed by atoms with Crippen molar-refractivity contribution in [2.45, 2.75) is 32.1 Å². The van der Waals surface area contributed by atoms with E-state index in [4.69, 9.17) is 10.8 Å². The molecule has 8 nitrogen and oxygen atoms in total. The molecule has 1 amide bonds. The number of benzene rings is 1. The van der Waals surface area contributed by atoms with E-state index in [1.54, 1.807) is 0 Å². The number of carboxylic acids is 1. The van der Waals surface area contributed by atoms with Crippen molar-refractivity contribution in [3.63, 3.8) is 0 Å². The molecular weight excluding hydrogens is 302 g/mol. The third kappa shape index (κ3) is 6.03. The van der Waals surface area contributed by atoms with Gasteiger partial charge in [-0.2, -0.15) is 0 Å². The van der Waals surface area contributed by atoms with Gasteiger partial charge in [-0.05, 0) is 25.5 Å². The lowest BCUT2D eigenvalue weighted by Gasteiger charge is -2.08. The van der Waals surface area contributed by atoms with Crippen LogP contribution in [0.2, 0.25) is 0 Å². The van der Waals surface area contributed by atoms with Gasteiger partial charge >= 0.3 is 5.97 Å². The first kappa shape index (κ1) is 18.6. The second-order valence-corrected chi connectivity index (χ2v) is 5.10. The van der Waals surface area contributed by atoms with Gasteiger partial charge in [0.2, 0.25) is 0 Å². The molecule has 8 heteroatoms. The zero-order valence-corrected chi connectivity index (χ0v) is 12.8. The highest BCUT2D eigenvalue weighted by Gasteiger charge is 2.20. The molecule has 0 bridgehead atoms. The summed E-state index contributed by atoms with van der Waals surface area (Å²) >= 11 is 0. The van der Waals surface area contributed by atoms with Gasteiger partial charge in [-0.15, -0.1) is 0 Å². The van der Waals surface area contributed by atoms with Crippen LogP contribution < -0.4 is 11.1 Å². The van der Waals surface area contributed by atoms with Gasteiger partial charge in [0, 0.05) is 18.7 Å². The van der Waals surface area contributed by atoms with E-state index in [1.807, 2.05) is 0 Å². The fourth-order valence-corrected chi connectivity index (χ4v) is 2.12. The van der Waals surface area contributed by atoms with Crippen LogP contribution in [-0.4, -0.2) is 35.0 Å². The lowest BCUT2D eigenvalue weighted by atomic mass is 10.1. The molecule has 0 aliphatic carbocycles. The van der Waals surface area contributed by atoms with Crippen LogP contribution in [0.4, 0.5) is 5.69 Å². The van der Waals surface area contributed by atoms with Gasteiger partial charge in [0.25, 0.3) is 11.6 Å². The normalized spacial score (nSPS) is 10.3. The SMILES string of the molecule is NCCCCCCCNC(=O)c1cc([N+](=O)[O-])ccc1C(=O)O. The Morgan fingerprint density at radius 2 is 1.78 bits per heavy atom. The number of carboxylic acid groups (broad SMARTS) is 1. The summed E-state index contributed by atoms with van der Waals surface area (Å²) < 4.78 is 0. The van der Waals surface area contributed by atoms with Crippen LogP contribution in [-0.2, 0) is 0 Å². The van der Waals surface area contributed by atoms with Crippen LogP contribution in [0.25, 0.3) is 0 Å². The van der Waals surface area contributed by atoms with Crippen LogP contribution in [0.15, 0.2) is 18.2 Å². The average Bonchev–Trinajstić information content (AvgIpc) is 2.53. The summed E-state index contributed by atoms with van der Waals surface area (Å²) in [6, 6.07) is 3.12. The van der Waals surface area contributed by atoms with E-state index in [2.05, 4.69) is 5.32 Å². The number of nitrogens with zero attached hydrogens (tertiary/aromatic N) is 1. The molecule has 0 aliphatic rings. The standard InChI is InChI=1S/C15H21N3O5/c16-8-4-2-1-3-5-9-17-14(19)13-10-11(18(22)23)6-7-12(13)15(20)21/h6-7,10H,1-5,8-9,16H2,(H,17,19)(H,20,21). The monoisotopic (exact) mass is 323 g/mol. The summed E-state index contributed by atoms with van der Waals surface area (Å²) in [7, 11) is 0. The maximum atomic E-state index is 12.1. The quantitative estimate of drug-likeness (QED) is 0.342. The van der Waals surface area contributed by atoms with Crippen LogP contribution in [0.3, 0.4) is 0 Å². The number of non-ortho nitro benzene ring substituents is 1. The molecule has 0 unspecified atom stereocenters. The Morgan fingerprint density at radius 3 is 2.39 bits per heavy atom. The van der Waals surface area contributed by atoms with Gasteiger partial charge < -0.3 is 16.2 Å². The highest BCUT2D eigenvalue weighted by Crippen LogP contribution is 2.18. The molecule has 0 radical (unpaired) electrons. The van der Waals surface area contributed by atoms with Crippen molar-refractivity contribution in [2.75, 3.05) is 13.1 Å². The van der Waals surface area contributed by atoms with E-state index in [0.717, 1.165) is 50.3 Å². The molecule has 0 saturated heterocycles. The van der Waals surface area contributed by atoms with Gasteiger partial charge in [-0.1, -0.05) is 19.3 Å². The molecule has 1 aromatic rings. The van der Waals surface area contributed by atoms with Gasteiger partial charge in [0.15, 0.2) is 0 Å². The first-order valence-corrected chi connectivity index (χ1v) is 7.47. The molecule has 1 rings (SSSR count). The van der Waals surface area contributed by atoms with Crippen molar-refractivity contribution in [3.05, 3.63) is 39.4 Å². The predicted octanol–water partition coefficient (Wildman–Crippen LogP) is 1.93. The third-order valence-corrected chi connectivity index (χ3v) is 3.36. The third-order valence-electron chi connectivity index (χ3n) is 3.36. The van der Waals surface area contributed by atoms with Gasteiger partial charge in [-0.3, -0.25) is 14.9 Å². The number of nitrogens with one attached hydrogen (secondary N) is 1. The Labute approximate surface area is 133 Å². The Morgan fingerprint density at radius 1 is 1.13 bits per heavy atom. The Bertz CT molecular complexity index is 574. The summed E-state index contributed by atoms with van der Waals surface area (Å²) in [5.74, 6) is -1.92. The predicted molar refractivity (Wildman–Crippen MR) is 84.5 cm³/mol. The zero-order chi connectivity index (χ0) is 17.2. The number of carbonyl (C=O) groups excluding carboxylic acids is 1. The second-order valence-electron chi connectivity index (χ2n) is 5.10. The van der Waals surface area contributed by atoms with E-state index in [-0.39, 0.29) is 16.8 Å². The van der Waals surface area contributed by atoms with Gasteiger partial charge in [0.1, 0.15) is 0 Å². The lowest BCUT2D eigenvalue weighted by molar-refractivity contribution is -0.384. The fourth-order valence-electron chi connectivity index (χ4n) is 2.12. The molecule has 0 aromatic heterocycles. The van der Waals surface area contributed by atoms with Crippen LogP contribution >= 0.6 is 0 Å². The number of amides is 1. The summed E-state index contributed by atoms with van der Waals surface area (Å²) in [6.07, 6.45) is 4.72. The maximum Gasteiger partial charge on any atom is 0.336 e. The Kier molecular flexibility index (Phi) is 7.69. The summed E-state index contributed by atoms with van der Waals surface area (Å²) in [6.45, 7) is 1.06. The summed E-state index contributed by atoms with van der Waals surface area (Å²) in [5, 5.41) is 22.4. The molecule has 0 heterocycles. The first-order valence-electron chi connectivity index (χ1n) is 7.47. The minimum absolute atomic E-state index is 0.199. The lowest BCUT2D eigenvalue weighted by Crippen LogP contribution is -2.26. The fraction of sp³-hybridized carbons (Fsp3) is 0.467. The highest BCUT2D eigenvalue weighted by atomic mass is 16.6. The van der Waals surface area contributed by atoms with Crippen LogP contribution in [0.5, 0.6) is 0 Å². The number of rotatable bonds is 10. The zero-order valence-electron chi connectivity index (χ0n) is 12.8.